The Balaban J connectivity index is 0. The van der Waals surface area contributed by atoms with Crippen LogP contribution in [0, 0.1) is 0 Å². The van der Waals surface area contributed by atoms with Gasteiger partial charge in [0.15, 0.2) is 0 Å². The lowest BCUT2D eigenvalue weighted by Crippen LogP contribution is -1.66. The molecule has 0 saturated heterocycles. The smallest absolute Gasteiger partial charge is 0.314 e. The molecule has 0 radical (unpaired) electrons. The summed E-state index contributed by atoms with van der Waals surface area (Å²) in [5, 5.41) is 0. The van der Waals surface area contributed by atoms with Crippen molar-refractivity contribution in [2.45, 2.75) is 0 Å². The van der Waals surface area contributed by atoms with E-state index in [1.54, 1.807) is 0 Å². The lowest BCUT2D eigenvalue weighted by atomic mass is 11.8. The lowest BCUT2D eigenvalue weighted by molar-refractivity contribution is 0.302. The summed E-state index contributed by atoms with van der Waals surface area (Å²) in [5.41, 5.74) is 0. The second kappa shape index (κ2) is 6.92. The molecular formula is C2H9MgO3P. The Morgan fingerprint density at radius 3 is 1.57 bits per heavy atom. The first-order valence-electron chi connectivity index (χ1n) is 1.43. The predicted octanol–water partition coefficient (Wildman–Crippen LogP) is -0.247. The first-order chi connectivity index (χ1) is 2.81. The summed E-state index contributed by atoms with van der Waals surface area (Å²) in [7, 11) is 0.558. The summed E-state index contributed by atoms with van der Waals surface area (Å²) in [6, 6.07) is 0. The van der Waals surface area contributed by atoms with Crippen LogP contribution >= 0.6 is 8.25 Å². The molecule has 0 aliphatic rings. The Labute approximate surface area is 59.5 Å². The molecule has 0 aromatic heterocycles. The Bertz CT molecular complexity index is 50.9. The van der Waals surface area contributed by atoms with Gasteiger partial charge in [0.1, 0.15) is 0 Å². The quantitative estimate of drug-likeness (QED) is 0.388. The zero-order chi connectivity index (χ0) is 4.99. The Hall–Kier alpha value is 0.916. The van der Waals surface area contributed by atoms with E-state index in [0.717, 1.165) is 0 Å². The fourth-order valence-electron chi connectivity index (χ4n) is 0.0833. The largest absolute Gasteiger partial charge is 0.318 e. The van der Waals surface area contributed by atoms with E-state index in [2.05, 4.69) is 9.05 Å². The van der Waals surface area contributed by atoms with Gasteiger partial charge in [0, 0.05) is 14.2 Å². The highest BCUT2D eigenvalue weighted by Gasteiger charge is 1.83. The van der Waals surface area contributed by atoms with Crippen molar-refractivity contribution in [3.05, 3.63) is 0 Å². The van der Waals surface area contributed by atoms with Gasteiger partial charge in [-0.2, -0.15) is 0 Å². The van der Waals surface area contributed by atoms with Gasteiger partial charge in [-0.05, 0) is 0 Å². The second-order valence-corrected chi connectivity index (χ2v) is 1.97. The molecule has 0 fully saturated rings. The number of hydrogen-bond donors (Lipinski definition) is 0. The van der Waals surface area contributed by atoms with Gasteiger partial charge in [0.25, 0.3) is 0 Å². The van der Waals surface area contributed by atoms with E-state index < -0.39 is 8.25 Å². The van der Waals surface area contributed by atoms with Crippen LogP contribution < -0.4 is 0 Å². The van der Waals surface area contributed by atoms with E-state index in [1.165, 1.54) is 14.2 Å². The van der Waals surface area contributed by atoms with Crippen molar-refractivity contribution in [2.75, 3.05) is 14.2 Å². The topological polar surface area (TPSA) is 35.5 Å². The van der Waals surface area contributed by atoms with Crippen LogP contribution in [0.15, 0.2) is 0 Å². The van der Waals surface area contributed by atoms with Gasteiger partial charge in [0.2, 0.25) is 0 Å². The fraction of sp³-hybridized carbons (Fsp3) is 1.00. The minimum Gasteiger partial charge on any atom is -0.314 e. The molecule has 0 unspecified atom stereocenters. The van der Waals surface area contributed by atoms with E-state index in [0.29, 0.717) is 0 Å². The van der Waals surface area contributed by atoms with Crippen molar-refractivity contribution < 1.29 is 13.6 Å². The molecule has 0 bridgehead atoms. The average molecular weight is 136 g/mol. The molecule has 0 aliphatic carbocycles. The highest BCUT2D eigenvalue weighted by molar-refractivity contribution is 7.33. The molecular weight excluding hydrogens is 127 g/mol. The zero-order valence-electron chi connectivity index (χ0n) is 3.72. The van der Waals surface area contributed by atoms with Crippen molar-refractivity contribution in [1.82, 2.24) is 0 Å². The Morgan fingerprint density at radius 1 is 1.29 bits per heavy atom. The van der Waals surface area contributed by atoms with Gasteiger partial charge in [-0.3, -0.25) is 4.57 Å². The maximum Gasteiger partial charge on any atom is 0.318 e. The van der Waals surface area contributed by atoms with Crippen molar-refractivity contribution in [1.29, 1.82) is 0 Å². The third-order valence-electron chi connectivity index (χ3n) is 0.333. The molecule has 0 aromatic carbocycles. The lowest BCUT2D eigenvalue weighted by Gasteiger charge is -1.89. The molecule has 5 heteroatoms. The molecule has 0 spiro atoms. The van der Waals surface area contributed by atoms with E-state index in [4.69, 9.17) is 0 Å². The SMILES string of the molecule is CO[PH](=O)OC.[MgH2]. The van der Waals surface area contributed by atoms with Crippen molar-refractivity contribution in [3.8, 4) is 0 Å². The van der Waals surface area contributed by atoms with Gasteiger partial charge in [-0.1, -0.05) is 0 Å². The molecule has 7 heavy (non-hydrogen) atoms. The van der Waals surface area contributed by atoms with E-state index in [-0.39, 0.29) is 23.1 Å². The molecule has 0 N–H and O–H groups in total. The summed E-state index contributed by atoms with van der Waals surface area (Å²) >= 11 is 0. The van der Waals surface area contributed by atoms with Crippen molar-refractivity contribution in [2.24, 2.45) is 0 Å². The van der Waals surface area contributed by atoms with Crippen LogP contribution in [-0.2, 0) is 13.6 Å². The minimum absolute atomic E-state index is 0. The van der Waals surface area contributed by atoms with Crippen molar-refractivity contribution >= 4 is 31.3 Å². The molecule has 0 aromatic rings. The normalized spacial score (nSPS) is 8.43. The van der Waals surface area contributed by atoms with Gasteiger partial charge in [-0.25, -0.2) is 0 Å². The molecule has 0 saturated carbocycles. The Morgan fingerprint density at radius 2 is 1.57 bits per heavy atom. The van der Waals surface area contributed by atoms with Crippen LogP contribution in [0.2, 0.25) is 0 Å². The molecule has 0 atom stereocenters. The van der Waals surface area contributed by atoms with Gasteiger partial charge >= 0.3 is 31.3 Å². The Kier molecular flexibility index (Phi) is 10.7. The van der Waals surface area contributed by atoms with Crippen molar-refractivity contribution in [3.63, 3.8) is 0 Å². The molecule has 3 nitrogen and oxygen atoms in total. The first-order valence-corrected chi connectivity index (χ1v) is 2.65. The molecule has 0 aliphatic heterocycles. The second-order valence-electron chi connectivity index (χ2n) is 0.658. The van der Waals surface area contributed by atoms with Crippen LogP contribution in [-0.4, -0.2) is 37.3 Å². The van der Waals surface area contributed by atoms with Gasteiger partial charge in [0.05, 0.1) is 0 Å². The molecule has 42 valence electrons. The standard InChI is InChI=1S/C2H7O3P.Mg.2H/c1-4-6(3)5-2;;;/h6H,1-2H3;;;. The maximum atomic E-state index is 9.92. The van der Waals surface area contributed by atoms with Gasteiger partial charge in [-0.15, -0.1) is 0 Å². The van der Waals surface area contributed by atoms with Crippen LogP contribution in [0.5, 0.6) is 0 Å². The fourth-order valence-corrected chi connectivity index (χ4v) is 0.250. The number of hydrogen-bond acceptors (Lipinski definition) is 3. The van der Waals surface area contributed by atoms with E-state index in [9.17, 15) is 4.57 Å². The molecule has 0 heterocycles. The monoisotopic (exact) mass is 136 g/mol. The van der Waals surface area contributed by atoms with Gasteiger partial charge < -0.3 is 9.05 Å². The van der Waals surface area contributed by atoms with E-state index in [1.807, 2.05) is 0 Å². The highest BCUT2D eigenvalue weighted by Crippen LogP contribution is 2.18. The molecule has 0 amide bonds. The van der Waals surface area contributed by atoms with E-state index >= 15 is 0 Å². The molecule has 0 rings (SSSR count). The summed E-state index contributed by atoms with van der Waals surface area (Å²) in [5.74, 6) is 0. The van der Waals surface area contributed by atoms with Crippen LogP contribution in [0.1, 0.15) is 0 Å². The van der Waals surface area contributed by atoms with Crippen LogP contribution in [0.3, 0.4) is 0 Å². The highest BCUT2D eigenvalue weighted by atomic mass is 31.1. The zero-order valence-corrected chi connectivity index (χ0v) is 4.72. The summed E-state index contributed by atoms with van der Waals surface area (Å²) in [4.78, 5) is 0. The summed E-state index contributed by atoms with van der Waals surface area (Å²) in [6.45, 7) is 0. The maximum absolute atomic E-state index is 9.92. The summed E-state index contributed by atoms with van der Waals surface area (Å²) in [6.07, 6.45) is 0. The minimum atomic E-state index is -2.12. The average Bonchev–Trinajstić information content (AvgIpc) is 1.65. The third-order valence-corrected chi connectivity index (χ3v) is 1.00. The summed E-state index contributed by atoms with van der Waals surface area (Å²) < 4.78 is 18.4. The first kappa shape index (κ1) is 10.8. The third kappa shape index (κ3) is 6.92. The number of rotatable bonds is 2. The predicted molar refractivity (Wildman–Crippen MR) is 31.6 cm³/mol. The van der Waals surface area contributed by atoms with Crippen LogP contribution in [0.25, 0.3) is 0 Å². The van der Waals surface area contributed by atoms with Crippen LogP contribution in [0.4, 0.5) is 0 Å².